The van der Waals surface area contributed by atoms with Gasteiger partial charge in [0.25, 0.3) is 0 Å². The van der Waals surface area contributed by atoms with Crippen LogP contribution in [-0.4, -0.2) is 12.1 Å². The highest BCUT2D eigenvalue weighted by molar-refractivity contribution is 4.91. The Hall–Kier alpha value is -0.0400. The summed E-state index contributed by atoms with van der Waals surface area (Å²) in [4.78, 5) is 0. The molecule has 2 rings (SSSR count). The lowest BCUT2D eigenvalue weighted by Crippen LogP contribution is -2.39. The second-order valence-electron chi connectivity index (χ2n) is 4.59. The maximum absolute atomic E-state index is 3.63. The normalized spacial score (nSPS) is 39.0. The van der Waals surface area contributed by atoms with Gasteiger partial charge in [-0.2, -0.15) is 0 Å². The second-order valence-corrected chi connectivity index (χ2v) is 4.59. The Morgan fingerprint density at radius 3 is 2.64 bits per heavy atom. The average molecular weight is 153 g/mol. The van der Waals surface area contributed by atoms with Crippen LogP contribution in [0.4, 0.5) is 0 Å². The number of hydrogen-bond acceptors (Lipinski definition) is 1. The van der Waals surface area contributed by atoms with E-state index in [0.717, 1.165) is 5.92 Å². The van der Waals surface area contributed by atoms with Crippen LogP contribution >= 0.6 is 0 Å². The van der Waals surface area contributed by atoms with Crippen molar-refractivity contribution in [2.75, 3.05) is 6.54 Å². The lowest BCUT2D eigenvalue weighted by Gasteiger charge is -2.34. The van der Waals surface area contributed by atoms with Crippen LogP contribution in [0, 0.1) is 5.92 Å². The van der Waals surface area contributed by atoms with E-state index in [1.54, 1.807) is 0 Å². The summed E-state index contributed by atoms with van der Waals surface area (Å²) in [6.07, 6.45) is 8.72. The van der Waals surface area contributed by atoms with Gasteiger partial charge in [0.05, 0.1) is 0 Å². The molecule has 0 bridgehead atoms. The molecule has 2 fully saturated rings. The van der Waals surface area contributed by atoms with E-state index in [1.807, 2.05) is 0 Å². The highest BCUT2D eigenvalue weighted by Crippen LogP contribution is 2.36. The van der Waals surface area contributed by atoms with Crippen molar-refractivity contribution in [2.45, 2.75) is 51.0 Å². The molecule has 1 aliphatic heterocycles. The minimum Gasteiger partial charge on any atom is -0.312 e. The molecule has 1 atom stereocenters. The molecule has 0 aromatic heterocycles. The molecule has 1 heterocycles. The summed E-state index contributed by atoms with van der Waals surface area (Å²) in [6.45, 7) is 3.65. The van der Waals surface area contributed by atoms with Gasteiger partial charge in [0.15, 0.2) is 0 Å². The highest BCUT2D eigenvalue weighted by atomic mass is 15.0. The summed E-state index contributed by atoms with van der Waals surface area (Å²) in [5.41, 5.74) is 0.519. The lowest BCUT2D eigenvalue weighted by molar-refractivity contribution is 0.219. The van der Waals surface area contributed by atoms with Crippen molar-refractivity contribution in [3.05, 3.63) is 0 Å². The molecule has 2 aliphatic rings. The van der Waals surface area contributed by atoms with Gasteiger partial charge < -0.3 is 5.32 Å². The van der Waals surface area contributed by atoms with Crippen molar-refractivity contribution < 1.29 is 0 Å². The molecule has 1 aliphatic carbocycles. The van der Waals surface area contributed by atoms with Crippen molar-refractivity contribution in [1.82, 2.24) is 5.32 Å². The van der Waals surface area contributed by atoms with Crippen molar-refractivity contribution in [2.24, 2.45) is 5.92 Å². The standard InChI is InChI=1S/C10H19N/c1-10(6-3-7-11-10)8-9-4-2-5-9/h9,11H,2-8H2,1H3/t10-/m0/s1. The molecule has 0 spiro atoms. The molecule has 1 nitrogen and oxygen atoms in total. The third-order valence-corrected chi connectivity index (χ3v) is 3.42. The maximum atomic E-state index is 3.63. The summed E-state index contributed by atoms with van der Waals surface area (Å²) in [6, 6.07) is 0. The van der Waals surface area contributed by atoms with Gasteiger partial charge in [-0.05, 0) is 38.6 Å². The lowest BCUT2D eigenvalue weighted by atomic mass is 9.76. The summed E-state index contributed by atoms with van der Waals surface area (Å²) in [5.74, 6) is 1.06. The van der Waals surface area contributed by atoms with Crippen molar-refractivity contribution in [3.63, 3.8) is 0 Å². The first-order valence-corrected chi connectivity index (χ1v) is 5.04. The topological polar surface area (TPSA) is 12.0 Å². The second kappa shape index (κ2) is 2.78. The molecular formula is C10H19N. The Bertz CT molecular complexity index is 132. The van der Waals surface area contributed by atoms with Crippen LogP contribution in [0.15, 0.2) is 0 Å². The average Bonchev–Trinajstić information content (AvgIpc) is 2.29. The zero-order chi connectivity index (χ0) is 7.73. The van der Waals surface area contributed by atoms with Crippen LogP contribution in [0.3, 0.4) is 0 Å². The van der Waals surface area contributed by atoms with E-state index in [0.29, 0.717) is 5.54 Å². The van der Waals surface area contributed by atoms with E-state index in [2.05, 4.69) is 12.2 Å². The zero-order valence-electron chi connectivity index (χ0n) is 7.53. The number of rotatable bonds is 2. The summed E-state index contributed by atoms with van der Waals surface area (Å²) >= 11 is 0. The molecular weight excluding hydrogens is 134 g/mol. The molecule has 64 valence electrons. The number of hydrogen-bond donors (Lipinski definition) is 1. The molecule has 1 heteroatoms. The van der Waals surface area contributed by atoms with Crippen molar-refractivity contribution in [1.29, 1.82) is 0 Å². The van der Waals surface area contributed by atoms with Crippen molar-refractivity contribution >= 4 is 0 Å². The van der Waals surface area contributed by atoms with Crippen molar-refractivity contribution in [3.8, 4) is 0 Å². The molecule has 0 aromatic carbocycles. The van der Waals surface area contributed by atoms with Gasteiger partial charge >= 0.3 is 0 Å². The smallest absolute Gasteiger partial charge is 0.0156 e. The van der Waals surface area contributed by atoms with Crippen LogP contribution in [0.25, 0.3) is 0 Å². The summed E-state index contributed by atoms with van der Waals surface area (Å²) in [7, 11) is 0. The monoisotopic (exact) mass is 153 g/mol. The number of nitrogens with one attached hydrogen (secondary N) is 1. The molecule has 11 heavy (non-hydrogen) atoms. The minimum atomic E-state index is 0.519. The molecule has 1 saturated heterocycles. The van der Waals surface area contributed by atoms with E-state index >= 15 is 0 Å². The zero-order valence-corrected chi connectivity index (χ0v) is 7.53. The third-order valence-electron chi connectivity index (χ3n) is 3.42. The largest absolute Gasteiger partial charge is 0.312 e. The van der Waals surface area contributed by atoms with Gasteiger partial charge in [-0.3, -0.25) is 0 Å². The first kappa shape index (κ1) is 7.60. The first-order chi connectivity index (χ1) is 5.29. The highest BCUT2D eigenvalue weighted by Gasteiger charge is 2.32. The van der Waals surface area contributed by atoms with Crippen LogP contribution in [-0.2, 0) is 0 Å². The third kappa shape index (κ3) is 1.58. The Labute approximate surface area is 69.6 Å². The van der Waals surface area contributed by atoms with Crippen LogP contribution < -0.4 is 5.32 Å². The van der Waals surface area contributed by atoms with Crippen LogP contribution in [0.1, 0.15) is 45.4 Å². The van der Waals surface area contributed by atoms with E-state index < -0.39 is 0 Å². The Morgan fingerprint density at radius 2 is 2.18 bits per heavy atom. The Balaban J connectivity index is 1.82. The SMILES string of the molecule is C[C@@]1(CC2CCC2)CCCN1. The summed E-state index contributed by atoms with van der Waals surface area (Å²) < 4.78 is 0. The molecule has 0 unspecified atom stereocenters. The Morgan fingerprint density at radius 1 is 1.36 bits per heavy atom. The van der Waals surface area contributed by atoms with Gasteiger partial charge in [0, 0.05) is 5.54 Å². The maximum Gasteiger partial charge on any atom is 0.0156 e. The van der Waals surface area contributed by atoms with E-state index in [1.165, 1.54) is 45.1 Å². The fraction of sp³-hybridized carbons (Fsp3) is 1.00. The van der Waals surface area contributed by atoms with E-state index in [4.69, 9.17) is 0 Å². The van der Waals surface area contributed by atoms with E-state index in [-0.39, 0.29) is 0 Å². The van der Waals surface area contributed by atoms with Crippen LogP contribution in [0.2, 0.25) is 0 Å². The van der Waals surface area contributed by atoms with Gasteiger partial charge in [-0.25, -0.2) is 0 Å². The van der Waals surface area contributed by atoms with Gasteiger partial charge in [-0.1, -0.05) is 19.3 Å². The minimum absolute atomic E-state index is 0.519. The van der Waals surface area contributed by atoms with Gasteiger partial charge in [0.2, 0.25) is 0 Å². The molecule has 1 N–H and O–H groups in total. The summed E-state index contributed by atoms with van der Waals surface area (Å²) in [5, 5.41) is 3.63. The Kier molecular flexibility index (Phi) is 1.92. The fourth-order valence-electron chi connectivity index (χ4n) is 2.47. The predicted octanol–water partition coefficient (Wildman–Crippen LogP) is 2.32. The first-order valence-electron chi connectivity index (χ1n) is 5.04. The van der Waals surface area contributed by atoms with E-state index in [9.17, 15) is 0 Å². The molecule has 0 aromatic rings. The van der Waals surface area contributed by atoms with Crippen LogP contribution in [0.5, 0.6) is 0 Å². The molecule has 0 radical (unpaired) electrons. The fourth-order valence-corrected chi connectivity index (χ4v) is 2.47. The predicted molar refractivity (Wildman–Crippen MR) is 47.6 cm³/mol. The molecule has 1 saturated carbocycles. The van der Waals surface area contributed by atoms with Gasteiger partial charge in [0.1, 0.15) is 0 Å². The van der Waals surface area contributed by atoms with Gasteiger partial charge in [-0.15, -0.1) is 0 Å². The molecule has 0 amide bonds. The quantitative estimate of drug-likeness (QED) is 0.642.